The molecule has 3 nitrogen and oxygen atoms in total. The van der Waals surface area contributed by atoms with Crippen LogP contribution in [-0.4, -0.2) is 4.92 Å². The molecule has 0 aliphatic heterocycles. The Balaban J connectivity index is 3.41. The van der Waals surface area contributed by atoms with Crippen molar-refractivity contribution in [2.45, 2.75) is 12.3 Å². The molecular formula is C8H6ClF2NO2. The van der Waals surface area contributed by atoms with E-state index in [1.807, 2.05) is 0 Å². The highest BCUT2D eigenvalue weighted by Gasteiger charge is 2.23. The highest BCUT2D eigenvalue weighted by Crippen LogP contribution is 2.30. The lowest BCUT2D eigenvalue weighted by atomic mass is 10.1. The van der Waals surface area contributed by atoms with Gasteiger partial charge < -0.3 is 0 Å². The molecule has 0 saturated heterocycles. The van der Waals surface area contributed by atoms with E-state index in [2.05, 4.69) is 0 Å². The van der Waals surface area contributed by atoms with Crippen molar-refractivity contribution in [1.29, 1.82) is 0 Å². The normalized spacial score (nSPS) is 12.6. The number of alkyl halides is 1. The van der Waals surface area contributed by atoms with E-state index >= 15 is 0 Å². The highest BCUT2D eigenvalue weighted by atomic mass is 35.5. The Kier molecular flexibility index (Phi) is 3.00. The second-order valence-corrected chi connectivity index (χ2v) is 3.32. The maximum atomic E-state index is 13.3. The summed E-state index contributed by atoms with van der Waals surface area (Å²) >= 11 is 5.49. The molecule has 0 heterocycles. The first kappa shape index (κ1) is 10.8. The lowest BCUT2D eigenvalue weighted by molar-refractivity contribution is -0.387. The maximum absolute atomic E-state index is 13.3. The molecule has 0 radical (unpaired) electrons. The van der Waals surface area contributed by atoms with Crippen LogP contribution in [0.25, 0.3) is 0 Å². The minimum absolute atomic E-state index is 0.471. The zero-order valence-electron chi connectivity index (χ0n) is 7.13. The Labute approximate surface area is 83.4 Å². The van der Waals surface area contributed by atoms with Crippen LogP contribution in [-0.2, 0) is 0 Å². The molecule has 0 aliphatic carbocycles. The molecule has 0 bridgehead atoms. The van der Waals surface area contributed by atoms with Gasteiger partial charge in [0.25, 0.3) is 0 Å². The number of nitro benzene ring substituents is 1. The Morgan fingerprint density at radius 1 is 1.50 bits per heavy atom. The van der Waals surface area contributed by atoms with Gasteiger partial charge in [0.15, 0.2) is 0 Å². The van der Waals surface area contributed by atoms with Crippen LogP contribution in [0.1, 0.15) is 17.9 Å². The molecular weight excluding hydrogens is 216 g/mol. The van der Waals surface area contributed by atoms with Crippen LogP contribution in [0.5, 0.6) is 0 Å². The standard InChI is InChI=1S/C8H6ClF2NO2/c1-4(9)7-5(10)2-3-6(8(7)11)12(13)14/h2-4H,1H3. The van der Waals surface area contributed by atoms with Crippen molar-refractivity contribution in [2.24, 2.45) is 0 Å². The molecule has 0 fully saturated rings. The van der Waals surface area contributed by atoms with Crippen LogP contribution in [0.4, 0.5) is 14.5 Å². The van der Waals surface area contributed by atoms with Crippen molar-refractivity contribution in [3.05, 3.63) is 39.4 Å². The van der Waals surface area contributed by atoms with E-state index in [4.69, 9.17) is 11.6 Å². The van der Waals surface area contributed by atoms with Gasteiger partial charge in [-0.05, 0) is 13.0 Å². The molecule has 1 atom stereocenters. The summed E-state index contributed by atoms with van der Waals surface area (Å²) in [5.74, 6) is -2.09. The molecule has 0 aromatic heterocycles. The van der Waals surface area contributed by atoms with Crippen LogP contribution in [0, 0.1) is 21.7 Å². The topological polar surface area (TPSA) is 43.1 Å². The summed E-state index contributed by atoms with van der Waals surface area (Å²) in [6, 6.07) is 1.60. The minimum Gasteiger partial charge on any atom is -0.258 e. The Morgan fingerprint density at radius 3 is 2.50 bits per heavy atom. The third kappa shape index (κ3) is 1.82. The minimum atomic E-state index is -1.21. The van der Waals surface area contributed by atoms with Gasteiger partial charge in [0, 0.05) is 11.6 Å². The molecule has 1 aromatic rings. The van der Waals surface area contributed by atoms with Gasteiger partial charge in [-0.3, -0.25) is 10.1 Å². The van der Waals surface area contributed by atoms with E-state index in [-0.39, 0.29) is 0 Å². The third-order valence-corrected chi connectivity index (χ3v) is 1.92. The van der Waals surface area contributed by atoms with Crippen molar-refractivity contribution < 1.29 is 13.7 Å². The predicted octanol–water partition coefficient (Wildman–Crippen LogP) is 3.17. The molecule has 0 aliphatic rings. The molecule has 0 saturated carbocycles. The molecule has 6 heteroatoms. The van der Waals surface area contributed by atoms with Gasteiger partial charge in [-0.25, -0.2) is 4.39 Å². The third-order valence-electron chi connectivity index (χ3n) is 1.70. The number of nitrogens with zero attached hydrogens (tertiary/aromatic N) is 1. The van der Waals surface area contributed by atoms with Gasteiger partial charge in [0.1, 0.15) is 5.82 Å². The van der Waals surface area contributed by atoms with Gasteiger partial charge in [0.2, 0.25) is 5.82 Å². The van der Waals surface area contributed by atoms with Gasteiger partial charge in [-0.2, -0.15) is 4.39 Å². The molecule has 14 heavy (non-hydrogen) atoms. The zero-order chi connectivity index (χ0) is 10.9. The first-order valence-corrected chi connectivity index (χ1v) is 4.15. The zero-order valence-corrected chi connectivity index (χ0v) is 7.89. The molecule has 1 rings (SSSR count). The van der Waals surface area contributed by atoms with Crippen molar-refractivity contribution >= 4 is 17.3 Å². The van der Waals surface area contributed by atoms with Crippen molar-refractivity contribution in [2.75, 3.05) is 0 Å². The molecule has 1 aromatic carbocycles. The van der Waals surface area contributed by atoms with E-state index < -0.39 is 33.2 Å². The lowest BCUT2D eigenvalue weighted by Gasteiger charge is -2.06. The van der Waals surface area contributed by atoms with Crippen molar-refractivity contribution in [1.82, 2.24) is 0 Å². The second kappa shape index (κ2) is 3.88. The van der Waals surface area contributed by atoms with Crippen LogP contribution >= 0.6 is 11.6 Å². The number of nitro groups is 1. The summed E-state index contributed by atoms with van der Waals surface area (Å²) in [5.41, 5.74) is -1.24. The number of benzene rings is 1. The van der Waals surface area contributed by atoms with Crippen molar-refractivity contribution in [3.63, 3.8) is 0 Å². The lowest BCUT2D eigenvalue weighted by Crippen LogP contribution is -2.01. The number of hydrogen-bond donors (Lipinski definition) is 0. The van der Waals surface area contributed by atoms with E-state index in [0.29, 0.717) is 0 Å². The number of halogens is 3. The van der Waals surface area contributed by atoms with Crippen molar-refractivity contribution in [3.8, 4) is 0 Å². The molecule has 0 spiro atoms. The number of rotatable bonds is 2. The fourth-order valence-electron chi connectivity index (χ4n) is 1.06. The van der Waals surface area contributed by atoms with E-state index in [1.54, 1.807) is 0 Å². The number of hydrogen-bond acceptors (Lipinski definition) is 2. The fourth-order valence-corrected chi connectivity index (χ4v) is 1.26. The van der Waals surface area contributed by atoms with Crippen LogP contribution < -0.4 is 0 Å². The molecule has 0 amide bonds. The van der Waals surface area contributed by atoms with Crippen LogP contribution in [0.15, 0.2) is 12.1 Å². The fraction of sp³-hybridized carbons (Fsp3) is 0.250. The smallest absolute Gasteiger partial charge is 0.258 e. The van der Waals surface area contributed by atoms with Gasteiger partial charge in [0.05, 0.1) is 10.3 Å². The van der Waals surface area contributed by atoms with Crippen LogP contribution in [0.2, 0.25) is 0 Å². The summed E-state index contributed by atoms with van der Waals surface area (Å²) in [7, 11) is 0. The van der Waals surface area contributed by atoms with E-state index in [9.17, 15) is 18.9 Å². The Bertz CT molecular complexity index is 382. The Hall–Kier alpha value is -1.23. The summed E-state index contributed by atoms with van der Waals surface area (Å²) < 4.78 is 26.3. The highest BCUT2D eigenvalue weighted by molar-refractivity contribution is 6.20. The average Bonchev–Trinajstić information content (AvgIpc) is 2.02. The van der Waals surface area contributed by atoms with Gasteiger partial charge >= 0.3 is 5.69 Å². The SMILES string of the molecule is CC(Cl)c1c(F)ccc([N+](=O)[O-])c1F. The first-order valence-electron chi connectivity index (χ1n) is 3.71. The quantitative estimate of drug-likeness (QED) is 0.437. The maximum Gasteiger partial charge on any atom is 0.305 e. The predicted molar refractivity (Wildman–Crippen MR) is 47.3 cm³/mol. The molecule has 0 N–H and O–H groups in total. The van der Waals surface area contributed by atoms with Gasteiger partial charge in [-0.1, -0.05) is 0 Å². The summed E-state index contributed by atoms with van der Waals surface area (Å²) in [4.78, 5) is 9.39. The average molecular weight is 222 g/mol. The summed E-state index contributed by atoms with van der Waals surface area (Å²) in [6.07, 6.45) is 0. The monoisotopic (exact) mass is 221 g/mol. The summed E-state index contributed by atoms with van der Waals surface area (Å²) in [6.45, 7) is 1.34. The van der Waals surface area contributed by atoms with E-state index in [1.165, 1.54) is 6.92 Å². The van der Waals surface area contributed by atoms with Crippen LogP contribution in [0.3, 0.4) is 0 Å². The summed E-state index contributed by atoms with van der Waals surface area (Å²) in [5, 5.41) is 9.36. The molecule has 76 valence electrons. The first-order chi connectivity index (χ1) is 6.45. The Morgan fingerprint density at radius 2 is 2.07 bits per heavy atom. The van der Waals surface area contributed by atoms with E-state index in [0.717, 1.165) is 12.1 Å². The largest absolute Gasteiger partial charge is 0.305 e. The molecule has 1 unspecified atom stereocenters. The second-order valence-electron chi connectivity index (χ2n) is 2.67. The van der Waals surface area contributed by atoms with Gasteiger partial charge in [-0.15, -0.1) is 11.6 Å².